The second-order valence-corrected chi connectivity index (χ2v) is 7.77. The van der Waals surface area contributed by atoms with Gasteiger partial charge in [0.1, 0.15) is 6.04 Å². The maximum atomic E-state index is 12.5. The molecule has 0 bridgehead atoms. The molecule has 0 aromatic carbocycles. The fraction of sp³-hybridized carbons (Fsp3) is 0.800. The predicted molar refractivity (Wildman–Crippen MR) is 85.9 cm³/mol. The van der Waals surface area contributed by atoms with Gasteiger partial charge in [-0.05, 0) is 26.7 Å². The average Bonchev–Trinajstić information content (AvgIpc) is 3.14. The van der Waals surface area contributed by atoms with E-state index in [1.54, 1.807) is 30.5 Å². The number of nitrogens with two attached hydrogens (primary N) is 1. The maximum absolute atomic E-state index is 12.5. The van der Waals surface area contributed by atoms with Crippen molar-refractivity contribution in [2.75, 3.05) is 18.2 Å². The first-order valence-electron chi connectivity index (χ1n) is 7.79. The van der Waals surface area contributed by atoms with Crippen LogP contribution in [0.5, 0.6) is 0 Å². The third-order valence-electron chi connectivity index (χ3n) is 4.54. The van der Waals surface area contributed by atoms with Gasteiger partial charge in [0.25, 0.3) is 0 Å². The van der Waals surface area contributed by atoms with E-state index in [9.17, 15) is 14.4 Å². The van der Waals surface area contributed by atoms with E-state index in [2.05, 4.69) is 5.32 Å². The monoisotopic (exact) mass is 327 g/mol. The summed E-state index contributed by atoms with van der Waals surface area (Å²) in [5.74, 6) is 0.736. The second kappa shape index (κ2) is 6.89. The van der Waals surface area contributed by atoms with E-state index in [0.29, 0.717) is 11.6 Å². The van der Waals surface area contributed by atoms with E-state index in [0.717, 1.165) is 25.7 Å². The van der Waals surface area contributed by atoms with Crippen molar-refractivity contribution in [3.8, 4) is 0 Å². The predicted octanol–water partition coefficient (Wildman–Crippen LogP) is 0.706. The Morgan fingerprint density at radius 2 is 1.91 bits per heavy atom. The molecule has 3 amide bonds. The summed E-state index contributed by atoms with van der Waals surface area (Å²) in [6.45, 7) is 3.58. The van der Waals surface area contributed by atoms with Crippen molar-refractivity contribution in [3.05, 3.63) is 0 Å². The van der Waals surface area contributed by atoms with E-state index in [1.807, 2.05) is 0 Å². The molecular formula is C15H25N3O3S. The summed E-state index contributed by atoms with van der Waals surface area (Å²) in [6.07, 6.45) is 4.06. The van der Waals surface area contributed by atoms with Crippen LogP contribution in [0.4, 0.5) is 0 Å². The summed E-state index contributed by atoms with van der Waals surface area (Å²) < 4.78 is 0. The molecular weight excluding hydrogens is 302 g/mol. The van der Waals surface area contributed by atoms with Gasteiger partial charge in [0.15, 0.2) is 0 Å². The van der Waals surface area contributed by atoms with E-state index in [1.165, 1.54) is 0 Å². The van der Waals surface area contributed by atoms with Crippen molar-refractivity contribution in [3.63, 3.8) is 0 Å². The minimum absolute atomic E-state index is 0.0797. The van der Waals surface area contributed by atoms with Crippen LogP contribution in [0.25, 0.3) is 0 Å². The zero-order chi connectivity index (χ0) is 16.3. The Kier molecular flexibility index (Phi) is 5.36. The van der Waals surface area contributed by atoms with Gasteiger partial charge in [-0.25, -0.2) is 0 Å². The fourth-order valence-corrected chi connectivity index (χ4v) is 3.96. The molecule has 124 valence electrons. The zero-order valence-corrected chi connectivity index (χ0v) is 14.1. The lowest BCUT2D eigenvalue weighted by Gasteiger charge is -2.27. The number of rotatable bonds is 5. The van der Waals surface area contributed by atoms with Crippen molar-refractivity contribution in [2.45, 2.75) is 45.6 Å². The van der Waals surface area contributed by atoms with Gasteiger partial charge in [-0.3, -0.25) is 14.4 Å². The Bertz CT molecular complexity index is 461. The summed E-state index contributed by atoms with van der Waals surface area (Å²) in [4.78, 5) is 37.9. The largest absolute Gasteiger partial charge is 0.369 e. The third kappa shape index (κ3) is 3.74. The van der Waals surface area contributed by atoms with Crippen LogP contribution in [0.3, 0.4) is 0 Å². The topological polar surface area (TPSA) is 92.5 Å². The molecule has 0 spiro atoms. The molecule has 1 saturated carbocycles. The molecule has 0 aromatic heterocycles. The van der Waals surface area contributed by atoms with Gasteiger partial charge < -0.3 is 16.0 Å². The Balaban J connectivity index is 1.93. The minimum atomic E-state index is -0.790. The summed E-state index contributed by atoms with van der Waals surface area (Å²) in [6, 6.07) is -0.429. The van der Waals surface area contributed by atoms with Crippen molar-refractivity contribution in [1.29, 1.82) is 0 Å². The molecule has 0 radical (unpaired) electrons. The number of carbonyl (C=O) groups excluding carboxylic acids is 3. The molecule has 0 unspecified atom stereocenters. The molecule has 3 N–H and O–H groups in total. The van der Waals surface area contributed by atoms with Gasteiger partial charge in [0, 0.05) is 18.2 Å². The molecule has 1 atom stereocenters. The van der Waals surface area contributed by atoms with Crippen molar-refractivity contribution in [1.82, 2.24) is 10.2 Å². The van der Waals surface area contributed by atoms with Gasteiger partial charge in [-0.2, -0.15) is 0 Å². The number of thioether (sulfide) groups is 1. The Labute approximate surface area is 135 Å². The Morgan fingerprint density at radius 1 is 1.27 bits per heavy atom. The normalized spacial score (nSPS) is 22.8. The SMILES string of the molecule is CC(C)(CNC(=O)[C@@H]1CSCN1C(=O)C1CCCC1)C(N)=O. The number of amides is 3. The average molecular weight is 327 g/mol. The molecule has 1 heterocycles. The third-order valence-corrected chi connectivity index (χ3v) is 5.56. The Morgan fingerprint density at radius 3 is 2.50 bits per heavy atom. The smallest absolute Gasteiger partial charge is 0.243 e. The zero-order valence-electron chi connectivity index (χ0n) is 13.3. The van der Waals surface area contributed by atoms with Crippen LogP contribution in [0.1, 0.15) is 39.5 Å². The highest BCUT2D eigenvalue weighted by Gasteiger charge is 2.38. The lowest BCUT2D eigenvalue weighted by molar-refractivity contribution is -0.141. The highest BCUT2D eigenvalue weighted by Crippen LogP contribution is 2.30. The van der Waals surface area contributed by atoms with Gasteiger partial charge in [-0.15, -0.1) is 11.8 Å². The molecule has 7 heteroatoms. The maximum Gasteiger partial charge on any atom is 0.243 e. The molecule has 2 aliphatic rings. The van der Waals surface area contributed by atoms with Crippen LogP contribution in [-0.4, -0.2) is 46.8 Å². The quantitative estimate of drug-likeness (QED) is 0.777. The molecule has 1 aliphatic carbocycles. The number of carbonyl (C=O) groups is 3. The number of nitrogens with zero attached hydrogens (tertiary/aromatic N) is 1. The van der Waals surface area contributed by atoms with Gasteiger partial charge in [0.05, 0.1) is 11.3 Å². The highest BCUT2D eigenvalue weighted by molar-refractivity contribution is 7.99. The van der Waals surface area contributed by atoms with E-state index in [-0.39, 0.29) is 24.3 Å². The number of nitrogens with one attached hydrogen (secondary N) is 1. The van der Waals surface area contributed by atoms with Crippen molar-refractivity contribution < 1.29 is 14.4 Å². The molecule has 2 fully saturated rings. The molecule has 0 aromatic rings. The first-order valence-corrected chi connectivity index (χ1v) is 8.94. The number of hydrogen-bond donors (Lipinski definition) is 2. The van der Waals surface area contributed by atoms with E-state index >= 15 is 0 Å². The van der Waals surface area contributed by atoms with E-state index in [4.69, 9.17) is 5.73 Å². The number of hydrogen-bond acceptors (Lipinski definition) is 4. The summed E-state index contributed by atoms with van der Waals surface area (Å²) >= 11 is 1.60. The van der Waals surface area contributed by atoms with Gasteiger partial charge >= 0.3 is 0 Å². The summed E-state index contributed by atoms with van der Waals surface area (Å²) in [7, 11) is 0. The summed E-state index contributed by atoms with van der Waals surface area (Å²) in [5, 5.41) is 2.77. The standard InChI is InChI=1S/C15H25N3O3S/c1-15(2,14(16)21)8-17-12(19)11-7-22-9-18(11)13(20)10-5-3-4-6-10/h10-11H,3-9H2,1-2H3,(H2,16,21)(H,17,19)/t11-/m0/s1. The van der Waals surface area contributed by atoms with Crippen molar-refractivity contribution in [2.24, 2.45) is 17.1 Å². The van der Waals surface area contributed by atoms with Crippen LogP contribution in [-0.2, 0) is 14.4 Å². The second-order valence-electron chi connectivity index (χ2n) is 6.77. The molecule has 1 aliphatic heterocycles. The molecule has 1 saturated heterocycles. The number of primary amides is 1. The lowest BCUT2D eigenvalue weighted by atomic mass is 9.92. The molecule has 22 heavy (non-hydrogen) atoms. The molecule has 2 rings (SSSR count). The first-order chi connectivity index (χ1) is 10.3. The van der Waals surface area contributed by atoms with Crippen LogP contribution in [0.15, 0.2) is 0 Å². The summed E-state index contributed by atoms with van der Waals surface area (Å²) in [5.41, 5.74) is 4.52. The van der Waals surface area contributed by atoms with Gasteiger partial charge in [0.2, 0.25) is 17.7 Å². The highest BCUT2D eigenvalue weighted by atomic mass is 32.2. The van der Waals surface area contributed by atoms with Crippen LogP contribution < -0.4 is 11.1 Å². The van der Waals surface area contributed by atoms with Crippen LogP contribution >= 0.6 is 11.8 Å². The lowest BCUT2D eigenvalue weighted by Crippen LogP contribution is -2.51. The Hall–Kier alpha value is -1.24. The van der Waals surface area contributed by atoms with E-state index < -0.39 is 17.4 Å². The minimum Gasteiger partial charge on any atom is -0.369 e. The van der Waals surface area contributed by atoms with Crippen LogP contribution in [0.2, 0.25) is 0 Å². The van der Waals surface area contributed by atoms with Crippen LogP contribution in [0, 0.1) is 11.3 Å². The van der Waals surface area contributed by atoms with Gasteiger partial charge in [-0.1, -0.05) is 12.8 Å². The fourth-order valence-electron chi connectivity index (χ4n) is 2.80. The molecule has 6 nitrogen and oxygen atoms in total. The van der Waals surface area contributed by atoms with Crippen molar-refractivity contribution >= 4 is 29.5 Å². The first kappa shape index (κ1) is 17.1.